The fourth-order valence-corrected chi connectivity index (χ4v) is 3.52. The fourth-order valence-electron chi connectivity index (χ4n) is 3.52. The maximum atomic E-state index is 11.1. The number of aliphatic hydroxyl groups excluding tert-OH is 1. The molecular weight excluding hydrogens is 292 g/mol. The van der Waals surface area contributed by atoms with E-state index in [2.05, 4.69) is 10.1 Å². The average molecular weight is 310 g/mol. The summed E-state index contributed by atoms with van der Waals surface area (Å²) in [4.78, 5) is 15.0. The Bertz CT molecular complexity index is 585. The second kappa shape index (κ2) is 4.98. The first-order valence-corrected chi connectivity index (χ1v) is 7.45. The normalized spacial score (nSPS) is 36.0. The lowest BCUT2D eigenvalue weighted by molar-refractivity contribution is -0.217. The highest BCUT2D eigenvalue weighted by molar-refractivity contribution is 5.88. The zero-order chi connectivity index (χ0) is 15.3. The van der Waals surface area contributed by atoms with E-state index in [1.54, 1.807) is 0 Å². The zero-order valence-corrected chi connectivity index (χ0v) is 11.9. The van der Waals surface area contributed by atoms with Crippen molar-refractivity contribution in [2.24, 2.45) is 5.73 Å². The van der Waals surface area contributed by atoms with Gasteiger partial charge in [0.25, 0.3) is 5.91 Å². The Morgan fingerprint density at radius 1 is 1.41 bits per heavy atom. The monoisotopic (exact) mass is 310 g/mol. The highest BCUT2D eigenvalue weighted by atomic mass is 16.8. The van der Waals surface area contributed by atoms with Crippen LogP contribution in [-0.2, 0) is 14.2 Å². The lowest BCUT2D eigenvalue weighted by Crippen LogP contribution is -2.33. The smallest absolute Gasteiger partial charge is 0.288 e. The lowest BCUT2D eigenvalue weighted by Gasteiger charge is -2.26. The van der Waals surface area contributed by atoms with Crippen molar-refractivity contribution in [2.75, 3.05) is 6.61 Å². The predicted octanol–water partition coefficient (Wildman–Crippen LogP) is -0.679. The molecule has 3 N–H and O–H groups in total. The van der Waals surface area contributed by atoms with Crippen LogP contribution in [0.4, 0.5) is 0 Å². The molecule has 1 aliphatic carbocycles. The van der Waals surface area contributed by atoms with Crippen LogP contribution in [0.15, 0.2) is 6.33 Å². The van der Waals surface area contributed by atoms with Gasteiger partial charge in [-0.15, -0.1) is 5.10 Å². The maximum absolute atomic E-state index is 11.1. The predicted molar refractivity (Wildman–Crippen MR) is 70.5 cm³/mol. The molecule has 0 bridgehead atoms. The van der Waals surface area contributed by atoms with Crippen LogP contribution in [0.5, 0.6) is 0 Å². The number of ether oxygens (including phenoxy) is 3. The Morgan fingerprint density at radius 2 is 2.14 bits per heavy atom. The molecule has 1 spiro atoms. The third kappa shape index (κ3) is 2.04. The minimum atomic E-state index is -0.706. The number of carbonyl (C=O) groups excluding carboxylic acids is 1. The zero-order valence-electron chi connectivity index (χ0n) is 11.9. The molecule has 1 aromatic heterocycles. The third-order valence-electron chi connectivity index (χ3n) is 4.52. The van der Waals surface area contributed by atoms with E-state index >= 15 is 0 Å². The molecule has 0 unspecified atom stereocenters. The molecule has 120 valence electrons. The molecule has 1 saturated carbocycles. The minimum absolute atomic E-state index is 0.0814. The van der Waals surface area contributed by atoms with Gasteiger partial charge in [0.05, 0.1) is 6.61 Å². The lowest BCUT2D eigenvalue weighted by atomic mass is 10.1. The summed E-state index contributed by atoms with van der Waals surface area (Å²) in [7, 11) is 0. The van der Waals surface area contributed by atoms with E-state index < -0.39 is 30.1 Å². The molecule has 3 heterocycles. The van der Waals surface area contributed by atoms with Crippen molar-refractivity contribution in [3.05, 3.63) is 12.2 Å². The molecule has 22 heavy (non-hydrogen) atoms. The molecule has 4 rings (SSSR count). The van der Waals surface area contributed by atoms with Crippen LogP contribution in [-0.4, -0.2) is 56.5 Å². The number of hydrogen-bond acceptors (Lipinski definition) is 7. The van der Waals surface area contributed by atoms with Gasteiger partial charge in [-0.25, -0.2) is 9.67 Å². The van der Waals surface area contributed by atoms with E-state index in [0.717, 1.165) is 25.7 Å². The van der Waals surface area contributed by atoms with Gasteiger partial charge < -0.3 is 25.1 Å². The highest BCUT2D eigenvalue weighted by Gasteiger charge is 2.59. The number of primary amides is 1. The average Bonchev–Trinajstić information content (AvgIpc) is 3.24. The van der Waals surface area contributed by atoms with Gasteiger partial charge in [-0.1, -0.05) is 0 Å². The van der Waals surface area contributed by atoms with Crippen molar-refractivity contribution in [3.63, 3.8) is 0 Å². The molecular formula is C13H18N4O5. The maximum Gasteiger partial charge on any atom is 0.288 e. The van der Waals surface area contributed by atoms with Crippen molar-refractivity contribution in [1.29, 1.82) is 0 Å². The van der Waals surface area contributed by atoms with Gasteiger partial charge in [-0.3, -0.25) is 4.79 Å². The number of nitrogens with two attached hydrogens (primary N) is 1. The second-order valence-corrected chi connectivity index (χ2v) is 5.94. The Kier molecular flexibility index (Phi) is 3.19. The van der Waals surface area contributed by atoms with E-state index in [4.69, 9.17) is 19.9 Å². The number of hydrogen-bond donors (Lipinski definition) is 2. The number of rotatable bonds is 3. The molecule has 3 fully saturated rings. The molecule has 3 aliphatic rings. The summed E-state index contributed by atoms with van der Waals surface area (Å²) in [5, 5.41) is 13.5. The quantitative estimate of drug-likeness (QED) is 0.758. The summed E-state index contributed by atoms with van der Waals surface area (Å²) in [5.41, 5.74) is 5.17. The molecule has 0 aromatic carbocycles. The topological polar surface area (TPSA) is 122 Å². The van der Waals surface area contributed by atoms with Gasteiger partial charge in [-0.2, -0.15) is 0 Å². The number of amides is 1. The number of fused-ring (bicyclic) bond motifs is 1. The Labute approximate surface area is 126 Å². The van der Waals surface area contributed by atoms with Crippen molar-refractivity contribution in [1.82, 2.24) is 14.8 Å². The number of aliphatic hydroxyl groups is 1. The first kappa shape index (κ1) is 14.1. The minimum Gasteiger partial charge on any atom is -0.394 e. The summed E-state index contributed by atoms with van der Waals surface area (Å²) in [5.74, 6) is -1.36. The first-order chi connectivity index (χ1) is 10.6. The Morgan fingerprint density at radius 3 is 2.77 bits per heavy atom. The van der Waals surface area contributed by atoms with Gasteiger partial charge in [-0.05, 0) is 12.8 Å². The number of carbonyl (C=O) groups is 1. The van der Waals surface area contributed by atoms with E-state index in [-0.39, 0.29) is 18.5 Å². The molecule has 1 aromatic rings. The summed E-state index contributed by atoms with van der Waals surface area (Å²) < 4.78 is 19.4. The molecule has 2 aliphatic heterocycles. The largest absolute Gasteiger partial charge is 0.394 e. The van der Waals surface area contributed by atoms with E-state index in [1.807, 2.05) is 0 Å². The van der Waals surface area contributed by atoms with Crippen LogP contribution in [0, 0.1) is 0 Å². The first-order valence-electron chi connectivity index (χ1n) is 7.45. The standard InChI is InChI=1S/C13H18N4O5/c14-10(19)11-15-6-17(16-11)12-9-8(7(5-18)20-12)21-13(22-9)3-1-2-4-13/h6-9,12,18H,1-5H2,(H2,14,19)/t7-,8-,9-,12-/m0/s1. The summed E-state index contributed by atoms with van der Waals surface area (Å²) >= 11 is 0. The van der Waals surface area contributed by atoms with E-state index in [1.165, 1.54) is 11.0 Å². The summed E-state index contributed by atoms with van der Waals surface area (Å²) in [6.45, 7) is -0.172. The highest BCUT2D eigenvalue weighted by Crippen LogP contribution is 2.48. The summed E-state index contributed by atoms with van der Waals surface area (Å²) in [6.07, 6.45) is 3.35. The molecule has 1 amide bonds. The third-order valence-corrected chi connectivity index (χ3v) is 4.52. The van der Waals surface area contributed by atoms with Crippen LogP contribution >= 0.6 is 0 Å². The van der Waals surface area contributed by atoms with Crippen molar-refractivity contribution in [2.45, 2.75) is 56.0 Å². The Balaban J connectivity index is 1.61. The Hall–Kier alpha value is -1.55. The van der Waals surface area contributed by atoms with Gasteiger partial charge in [0.2, 0.25) is 5.82 Å². The van der Waals surface area contributed by atoms with Crippen LogP contribution in [0.1, 0.15) is 42.5 Å². The molecule has 9 nitrogen and oxygen atoms in total. The van der Waals surface area contributed by atoms with Crippen molar-refractivity contribution < 1.29 is 24.1 Å². The molecule has 9 heteroatoms. The van der Waals surface area contributed by atoms with Gasteiger partial charge in [0, 0.05) is 12.8 Å². The second-order valence-electron chi connectivity index (χ2n) is 5.94. The van der Waals surface area contributed by atoms with Crippen LogP contribution < -0.4 is 5.73 Å². The van der Waals surface area contributed by atoms with Crippen LogP contribution in [0.2, 0.25) is 0 Å². The van der Waals surface area contributed by atoms with E-state index in [9.17, 15) is 9.90 Å². The number of nitrogens with zero attached hydrogens (tertiary/aromatic N) is 3. The van der Waals surface area contributed by atoms with Gasteiger partial charge in [0.1, 0.15) is 24.6 Å². The fraction of sp³-hybridized carbons (Fsp3) is 0.769. The molecule has 2 saturated heterocycles. The van der Waals surface area contributed by atoms with Crippen LogP contribution in [0.3, 0.4) is 0 Å². The van der Waals surface area contributed by atoms with Gasteiger partial charge in [0.15, 0.2) is 12.0 Å². The molecule has 0 radical (unpaired) electrons. The van der Waals surface area contributed by atoms with E-state index in [0.29, 0.717) is 0 Å². The van der Waals surface area contributed by atoms with Crippen LogP contribution in [0.25, 0.3) is 0 Å². The van der Waals surface area contributed by atoms with Crippen molar-refractivity contribution >= 4 is 5.91 Å². The molecule has 4 atom stereocenters. The van der Waals surface area contributed by atoms with Crippen molar-refractivity contribution in [3.8, 4) is 0 Å². The van der Waals surface area contributed by atoms with Gasteiger partial charge >= 0.3 is 0 Å². The SMILES string of the molecule is NC(=O)c1ncn([C@H]2O[C@@H](CO)[C@@H]3OC4(CCCC4)O[C@@H]32)n1. The summed E-state index contributed by atoms with van der Waals surface area (Å²) in [6, 6.07) is 0. The number of aromatic nitrogens is 3.